The lowest BCUT2D eigenvalue weighted by atomic mass is 10.2. The molecule has 0 heterocycles. The van der Waals surface area contributed by atoms with Gasteiger partial charge in [0.15, 0.2) is 0 Å². The first kappa shape index (κ1) is 20.1. The highest BCUT2D eigenvalue weighted by molar-refractivity contribution is 7.92. The molecule has 0 aliphatic rings. The molecule has 0 aromatic heterocycles. The summed E-state index contributed by atoms with van der Waals surface area (Å²) < 4.78 is 35.9. The number of carbonyl (C=O) groups is 1. The van der Waals surface area contributed by atoms with E-state index in [2.05, 4.69) is 5.32 Å². The first-order chi connectivity index (χ1) is 11.2. The van der Waals surface area contributed by atoms with E-state index in [1.54, 1.807) is 18.2 Å². The minimum atomic E-state index is -3.57. The van der Waals surface area contributed by atoms with Gasteiger partial charge in [-0.3, -0.25) is 9.10 Å². The van der Waals surface area contributed by atoms with Crippen molar-refractivity contribution in [3.63, 3.8) is 0 Å². The predicted molar refractivity (Wildman–Crippen MR) is 94.2 cm³/mol. The second-order valence-corrected chi connectivity index (χ2v) is 7.41. The van der Waals surface area contributed by atoms with Gasteiger partial charge in [-0.15, -0.1) is 0 Å². The Labute approximate surface area is 144 Å². The largest absolute Gasteiger partial charge is 0.497 e. The molecule has 1 unspecified atom stereocenters. The number of sulfonamides is 1. The summed E-state index contributed by atoms with van der Waals surface area (Å²) in [6, 6.07) is 4.91. The summed E-state index contributed by atoms with van der Waals surface area (Å²) in [5.41, 5.74) is 0.372. The highest BCUT2D eigenvalue weighted by Crippen LogP contribution is 2.33. The molecule has 1 N–H and O–H groups in total. The number of nitrogens with zero attached hydrogens (tertiary/aromatic N) is 1. The number of amides is 1. The Bertz CT molecular complexity index is 660. The molecule has 1 aromatic rings. The molecule has 7 nitrogen and oxygen atoms in total. The Morgan fingerprint density at radius 2 is 1.96 bits per heavy atom. The average Bonchev–Trinajstić information content (AvgIpc) is 2.53. The fraction of sp³-hybridized carbons (Fsp3) is 0.562. The van der Waals surface area contributed by atoms with E-state index < -0.39 is 10.0 Å². The molecule has 136 valence electrons. The number of rotatable bonds is 9. The highest BCUT2D eigenvalue weighted by Gasteiger charge is 2.22. The molecule has 0 aliphatic carbocycles. The normalized spacial score (nSPS) is 12.4. The van der Waals surface area contributed by atoms with Crippen molar-refractivity contribution in [2.75, 3.05) is 31.3 Å². The van der Waals surface area contributed by atoms with Gasteiger partial charge in [-0.05, 0) is 25.5 Å². The van der Waals surface area contributed by atoms with Gasteiger partial charge in [0.2, 0.25) is 15.9 Å². The van der Waals surface area contributed by atoms with Gasteiger partial charge >= 0.3 is 0 Å². The molecule has 0 bridgehead atoms. The predicted octanol–water partition coefficient (Wildman–Crippen LogP) is 1.77. The number of nitrogens with one attached hydrogen (secondary N) is 1. The van der Waals surface area contributed by atoms with Gasteiger partial charge in [0.25, 0.3) is 0 Å². The average molecular weight is 358 g/mol. The number of benzene rings is 1. The van der Waals surface area contributed by atoms with Gasteiger partial charge in [-0.1, -0.05) is 6.92 Å². The van der Waals surface area contributed by atoms with Crippen LogP contribution in [0.1, 0.15) is 26.7 Å². The van der Waals surface area contributed by atoms with Gasteiger partial charge in [0.05, 0.1) is 26.2 Å². The molecule has 0 fully saturated rings. The summed E-state index contributed by atoms with van der Waals surface area (Å²) in [6.07, 6.45) is 1.98. The summed E-state index contributed by atoms with van der Waals surface area (Å²) in [6.45, 7) is 3.90. The van der Waals surface area contributed by atoms with Gasteiger partial charge in [-0.25, -0.2) is 8.42 Å². The maximum absolute atomic E-state index is 12.2. The molecule has 1 aromatic carbocycles. The molecule has 8 heteroatoms. The molecule has 1 rings (SSSR count). The van der Waals surface area contributed by atoms with Crippen LogP contribution >= 0.6 is 0 Å². The lowest BCUT2D eigenvalue weighted by molar-refractivity contribution is -0.121. The molecule has 0 saturated heterocycles. The number of carbonyl (C=O) groups excluding carboxylic acids is 1. The first-order valence-electron chi connectivity index (χ1n) is 7.72. The summed E-state index contributed by atoms with van der Waals surface area (Å²) in [5, 5.41) is 2.82. The second-order valence-electron chi connectivity index (χ2n) is 5.50. The van der Waals surface area contributed by atoms with Crippen molar-refractivity contribution in [1.82, 2.24) is 5.32 Å². The van der Waals surface area contributed by atoms with Crippen molar-refractivity contribution in [2.24, 2.45) is 0 Å². The topological polar surface area (TPSA) is 84.9 Å². The third kappa shape index (κ3) is 5.59. The van der Waals surface area contributed by atoms with E-state index in [1.165, 1.54) is 18.5 Å². The van der Waals surface area contributed by atoms with Crippen LogP contribution in [0.5, 0.6) is 11.5 Å². The Morgan fingerprint density at radius 3 is 2.46 bits per heavy atom. The van der Waals surface area contributed by atoms with E-state index >= 15 is 0 Å². The van der Waals surface area contributed by atoms with Crippen molar-refractivity contribution in [2.45, 2.75) is 32.7 Å². The molecular weight excluding hydrogens is 332 g/mol. The van der Waals surface area contributed by atoms with Gasteiger partial charge < -0.3 is 14.8 Å². The Morgan fingerprint density at radius 1 is 1.29 bits per heavy atom. The molecule has 1 atom stereocenters. The van der Waals surface area contributed by atoms with Crippen molar-refractivity contribution in [3.05, 3.63) is 18.2 Å². The minimum absolute atomic E-state index is 0.0315. The van der Waals surface area contributed by atoms with Crippen LogP contribution in [0.4, 0.5) is 5.69 Å². The minimum Gasteiger partial charge on any atom is -0.497 e. The van der Waals surface area contributed by atoms with Crippen LogP contribution in [0.15, 0.2) is 18.2 Å². The Balaban J connectivity index is 3.01. The first-order valence-corrected chi connectivity index (χ1v) is 9.56. The SMILES string of the molecule is CCC(C)NC(=O)CCN(c1ccc(OC)cc1OC)S(C)(=O)=O. The molecule has 24 heavy (non-hydrogen) atoms. The number of hydrogen-bond donors (Lipinski definition) is 1. The number of ether oxygens (including phenoxy) is 2. The maximum atomic E-state index is 12.2. The number of anilines is 1. The van der Waals surface area contributed by atoms with E-state index in [9.17, 15) is 13.2 Å². The molecule has 0 radical (unpaired) electrons. The van der Waals surface area contributed by atoms with Crippen molar-refractivity contribution >= 4 is 21.6 Å². The number of hydrogen-bond acceptors (Lipinski definition) is 5. The second kappa shape index (κ2) is 8.77. The molecule has 0 spiro atoms. The summed E-state index contributed by atoms with van der Waals surface area (Å²) in [4.78, 5) is 11.9. The zero-order valence-electron chi connectivity index (χ0n) is 14.8. The molecular formula is C16H26N2O5S. The number of methoxy groups -OCH3 is 2. The maximum Gasteiger partial charge on any atom is 0.232 e. The van der Waals surface area contributed by atoms with Crippen LogP contribution < -0.4 is 19.1 Å². The zero-order valence-corrected chi connectivity index (χ0v) is 15.6. The Hall–Kier alpha value is -1.96. The smallest absolute Gasteiger partial charge is 0.232 e. The van der Waals surface area contributed by atoms with Crippen LogP contribution in [0.3, 0.4) is 0 Å². The van der Waals surface area contributed by atoms with Crippen LogP contribution in [-0.2, 0) is 14.8 Å². The Kier molecular flexibility index (Phi) is 7.34. The third-order valence-corrected chi connectivity index (χ3v) is 4.80. The summed E-state index contributed by atoms with van der Waals surface area (Å²) in [7, 11) is -0.599. The van der Waals surface area contributed by atoms with Crippen LogP contribution in [0.2, 0.25) is 0 Å². The standard InChI is InChI=1S/C16H26N2O5S/c1-6-12(2)17-16(19)9-10-18(24(5,20)21)14-8-7-13(22-3)11-15(14)23-4/h7-8,11-12H,6,9-10H2,1-5H3,(H,17,19). The van der Waals surface area contributed by atoms with E-state index in [-0.39, 0.29) is 24.9 Å². The van der Waals surface area contributed by atoms with Crippen molar-refractivity contribution in [3.8, 4) is 11.5 Å². The van der Waals surface area contributed by atoms with Gasteiger partial charge in [0.1, 0.15) is 11.5 Å². The van der Waals surface area contributed by atoms with E-state index in [1.807, 2.05) is 13.8 Å². The van der Waals surface area contributed by atoms with Crippen LogP contribution in [-0.4, -0.2) is 47.4 Å². The highest BCUT2D eigenvalue weighted by atomic mass is 32.2. The van der Waals surface area contributed by atoms with Gasteiger partial charge in [-0.2, -0.15) is 0 Å². The fourth-order valence-corrected chi connectivity index (χ4v) is 3.04. The van der Waals surface area contributed by atoms with Crippen LogP contribution in [0, 0.1) is 0 Å². The van der Waals surface area contributed by atoms with E-state index in [0.29, 0.717) is 17.2 Å². The molecule has 1 amide bonds. The van der Waals surface area contributed by atoms with Crippen molar-refractivity contribution < 1.29 is 22.7 Å². The van der Waals surface area contributed by atoms with Crippen LogP contribution in [0.25, 0.3) is 0 Å². The van der Waals surface area contributed by atoms with E-state index in [0.717, 1.165) is 12.7 Å². The fourth-order valence-electron chi connectivity index (χ4n) is 2.11. The molecule has 0 saturated carbocycles. The van der Waals surface area contributed by atoms with Crippen molar-refractivity contribution in [1.29, 1.82) is 0 Å². The third-order valence-electron chi connectivity index (χ3n) is 3.62. The molecule has 0 aliphatic heterocycles. The lowest BCUT2D eigenvalue weighted by Gasteiger charge is -2.24. The monoisotopic (exact) mass is 358 g/mol. The summed E-state index contributed by atoms with van der Waals surface area (Å²) >= 11 is 0. The summed E-state index contributed by atoms with van der Waals surface area (Å²) in [5.74, 6) is 0.728. The van der Waals surface area contributed by atoms with Gasteiger partial charge in [0, 0.05) is 25.1 Å². The lowest BCUT2D eigenvalue weighted by Crippen LogP contribution is -2.37. The zero-order chi connectivity index (χ0) is 18.3. The van der Waals surface area contributed by atoms with E-state index in [4.69, 9.17) is 9.47 Å². The quantitative estimate of drug-likeness (QED) is 0.727.